The molecule has 0 bridgehead atoms. The number of nitro benzene ring substituents is 2. The van der Waals surface area contributed by atoms with E-state index in [0.717, 1.165) is 22.5 Å². The van der Waals surface area contributed by atoms with Crippen LogP contribution in [-0.4, -0.2) is 32.2 Å². The van der Waals surface area contributed by atoms with E-state index < -0.39 is 9.85 Å². The molecule has 2 aromatic heterocycles. The first-order valence-corrected chi connectivity index (χ1v) is 13.3. The van der Waals surface area contributed by atoms with E-state index >= 15 is 0 Å². The molecule has 2 N–H and O–H groups in total. The van der Waals surface area contributed by atoms with Gasteiger partial charge in [-0.05, 0) is 0 Å². The molecule has 0 saturated carbocycles. The Kier molecular flexibility index (Phi) is 7.89. The lowest BCUT2D eigenvalue weighted by Crippen LogP contribution is -1.92. The largest absolute Gasteiger partial charge is 0.270 e. The Morgan fingerprint density at radius 2 is 1.10 bits per heavy atom. The number of hydrogen-bond donors (Lipinski definition) is 2. The molecule has 0 fully saturated rings. The number of hydrazone groups is 2. The second-order valence-corrected chi connectivity index (χ2v) is 9.81. The Morgan fingerprint density at radius 3 is 1.50 bits per heavy atom. The van der Waals surface area contributed by atoms with Gasteiger partial charge in [0.25, 0.3) is 11.4 Å². The van der Waals surface area contributed by atoms with Crippen molar-refractivity contribution in [3.63, 3.8) is 0 Å². The zero-order chi connectivity index (χ0) is 27.9. The normalized spacial score (nSPS) is 11.2. The van der Waals surface area contributed by atoms with E-state index in [-0.39, 0.29) is 11.4 Å². The van der Waals surface area contributed by atoms with Crippen molar-refractivity contribution in [2.75, 3.05) is 10.9 Å². The highest BCUT2D eigenvalue weighted by atomic mass is 32.1. The number of benzene rings is 3. The molecule has 5 rings (SSSR count). The fourth-order valence-corrected chi connectivity index (χ4v) is 4.83. The first-order chi connectivity index (χ1) is 19.4. The Balaban J connectivity index is 1.18. The molecule has 0 spiro atoms. The number of non-ortho nitro benzene ring substituents is 2. The highest BCUT2D eigenvalue weighted by Crippen LogP contribution is 2.29. The predicted octanol–water partition coefficient (Wildman–Crippen LogP) is 6.64. The Morgan fingerprint density at radius 1 is 0.675 bits per heavy atom. The van der Waals surface area contributed by atoms with Crippen LogP contribution in [0.1, 0.15) is 11.1 Å². The van der Waals surface area contributed by atoms with E-state index in [9.17, 15) is 20.2 Å². The van der Waals surface area contributed by atoms with Crippen molar-refractivity contribution in [2.24, 2.45) is 10.2 Å². The molecule has 0 aliphatic rings. The van der Waals surface area contributed by atoms with Gasteiger partial charge in [-0.1, -0.05) is 48.5 Å². The standard InChI is InChI=1S/C26H18N8O4S2/c35-33(36)21-5-1-3-17(11-21)13-27-31-25-29-23(15-39-25)19-7-9-20(10-8-19)24-16-40-26(30-24)32-28-14-18-4-2-6-22(12-18)34(37)38/h1-16H,(H,29,31)(H,30,32)/b27-13+,28-14+. The first-order valence-electron chi connectivity index (χ1n) is 11.5. The fraction of sp³-hybridized carbons (Fsp3) is 0. The molecule has 0 aliphatic heterocycles. The lowest BCUT2D eigenvalue weighted by Gasteiger charge is -2.00. The van der Waals surface area contributed by atoms with E-state index in [4.69, 9.17) is 0 Å². The maximum atomic E-state index is 10.9. The molecule has 0 radical (unpaired) electrons. The van der Waals surface area contributed by atoms with E-state index in [1.807, 2.05) is 35.0 Å². The molecule has 0 amide bonds. The number of hydrogen-bond acceptors (Lipinski definition) is 12. The van der Waals surface area contributed by atoms with Crippen LogP contribution in [-0.2, 0) is 0 Å². The first kappa shape index (κ1) is 26.3. The zero-order valence-electron chi connectivity index (χ0n) is 20.4. The highest BCUT2D eigenvalue weighted by molar-refractivity contribution is 7.14. The average molecular weight is 571 g/mol. The van der Waals surface area contributed by atoms with Gasteiger partial charge in [-0.25, -0.2) is 9.97 Å². The van der Waals surface area contributed by atoms with Gasteiger partial charge in [0, 0.05) is 57.3 Å². The van der Waals surface area contributed by atoms with Gasteiger partial charge in [0.05, 0.1) is 33.7 Å². The lowest BCUT2D eigenvalue weighted by molar-refractivity contribution is -0.385. The summed E-state index contributed by atoms with van der Waals surface area (Å²) >= 11 is 2.78. The van der Waals surface area contributed by atoms with Crippen LogP contribution in [0.3, 0.4) is 0 Å². The van der Waals surface area contributed by atoms with Crippen molar-refractivity contribution >= 4 is 56.7 Å². The van der Waals surface area contributed by atoms with Crippen LogP contribution in [0, 0.1) is 20.2 Å². The fourth-order valence-electron chi connectivity index (χ4n) is 3.49. The van der Waals surface area contributed by atoms with Crippen molar-refractivity contribution in [2.45, 2.75) is 0 Å². The monoisotopic (exact) mass is 570 g/mol. The van der Waals surface area contributed by atoms with Crippen LogP contribution in [0.2, 0.25) is 0 Å². The summed E-state index contributed by atoms with van der Waals surface area (Å²) < 4.78 is 0. The smallest absolute Gasteiger partial charge is 0.258 e. The summed E-state index contributed by atoms with van der Waals surface area (Å²) in [5.74, 6) is 0. The number of anilines is 2. The molecule has 0 unspecified atom stereocenters. The molecule has 14 heteroatoms. The van der Waals surface area contributed by atoms with E-state index in [2.05, 4.69) is 31.0 Å². The van der Waals surface area contributed by atoms with Gasteiger partial charge in [-0.3, -0.25) is 31.1 Å². The molecular weight excluding hydrogens is 552 g/mol. The van der Waals surface area contributed by atoms with Gasteiger partial charge in [0.2, 0.25) is 10.3 Å². The van der Waals surface area contributed by atoms with Crippen molar-refractivity contribution in [1.82, 2.24) is 9.97 Å². The summed E-state index contributed by atoms with van der Waals surface area (Å²) in [4.78, 5) is 30.0. The maximum Gasteiger partial charge on any atom is 0.270 e. The molecule has 12 nitrogen and oxygen atoms in total. The van der Waals surface area contributed by atoms with Gasteiger partial charge in [0.15, 0.2) is 0 Å². The van der Waals surface area contributed by atoms with Crippen LogP contribution in [0.5, 0.6) is 0 Å². The Bertz CT molecular complexity index is 1600. The lowest BCUT2D eigenvalue weighted by atomic mass is 10.1. The Labute approximate surface area is 234 Å². The number of nitrogens with zero attached hydrogens (tertiary/aromatic N) is 6. The number of rotatable bonds is 10. The van der Waals surface area contributed by atoms with Crippen LogP contribution >= 0.6 is 22.7 Å². The molecule has 0 saturated heterocycles. The van der Waals surface area contributed by atoms with Gasteiger partial charge in [-0.15, -0.1) is 22.7 Å². The molecule has 2 heterocycles. The minimum atomic E-state index is -0.451. The minimum absolute atomic E-state index is 0.000645. The number of thiazole rings is 2. The van der Waals surface area contributed by atoms with Gasteiger partial charge in [0.1, 0.15) is 0 Å². The number of nitrogens with one attached hydrogen (secondary N) is 2. The molecule has 198 valence electrons. The van der Waals surface area contributed by atoms with Gasteiger partial charge in [-0.2, -0.15) is 10.2 Å². The number of aromatic nitrogens is 2. The van der Waals surface area contributed by atoms with Crippen LogP contribution in [0.4, 0.5) is 21.6 Å². The molecule has 3 aromatic carbocycles. The van der Waals surface area contributed by atoms with Crippen molar-refractivity contribution < 1.29 is 9.85 Å². The third-order valence-electron chi connectivity index (χ3n) is 5.39. The van der Waals surface area contributed by atoms with Crippen LogP contribution in [0.15, 0.2) is 93.8 Å². The molecular formula is C26H18N8O4S2. The van der Waals surface area contributed by atoms with Crippen molar-refractivity contribution in [3.05, 3.63) is 115 Å². The van der Waals surface area contributed by atoms with Crippen LogP contribution < -0.4 is 10.9 Å². The maximum absolute atomic E-state index is 10.9. The summed E-state index contributed by atoms with van der Waals surface area (Å²) in [5.41, 5.74) is 10.3. The summed E-state index contributed by atoms with van der Waals surface area (Å²) in [6, 6.07) is 20.2. The molecule has 0 aliphatic carbocycles. The average Bonchev–Trinajstić information content (AvgIpc) is 3.64. The molecule has 0 atom stereocenters. The SMILES string of the molecule is O=[N+]([O-])c1cccc(/C=N/Nc2nc(-c3ccc(-c4csc(N/N=C/c5cccc([N+](=O)[O-])c5)n4)cc3)cs2)c1. The second kappa shape index (κ2) is 12.0. The summed E-state index contributed by atoms with van der Waals surface area (Å²) in [6.45, 7) is 0. The minimum Gasteiger partial charge on any atom is -0.258 e. The third kappa shape index (κ3) is 6.56. The zero-order valence-corrected chi connectivity index (χ0v) is 22.0. The molecule has 5 aromatic rings. The predicted molar refractivity (Wildman–Crippen MR) is 157 cm³/mol. The van der Waals surface area contributed by atoms with Crippen molar-refractivity contribution in [1.29, 1.82) is 0 Å². The van der Waals surface area contributed by atoms with Gasteiger partial charge < -0.3 is 0 Å². The summed E-state index contributed by atoms with van der Waals surface area (Å²) in [6.07, 6.45) is 3.00. The topological polar surface area (TPSA) is 161 Å². The summed E-state index contributed by atoms with van der Waals surface area (Å²) in [5, 5.41) is 35.0. The Hall–Kier alpha value is -5.34. The molecule has 40 heavy (non-hydrogen) atoms. The third-order valence-corrected chi connectivity index (χ3v) is 6.89. The van der Waals surface area contributed by atoms with E-state index in [0.29, 0.717) is 21.4 Å². The van der Waals surface area contributed by atoms with E-state index in [1.54, 1.807) is 24.3 Å². The quantitative estimate of drug-likeness (QED) is 0.107. The van der Waals surface area contributed by atoms with E-state index in [1.165, 1.54) is 59.4 Å². The highest BCUT2D eigenvalue weighted by Gasteiger charge is 2.09. The van der Waals surface area contributed by atoms with Gasteiger partial charge >= 0.3 is 0 Å². The summed E-state index contributed by atoms with van der Waals surface area (Å²) in [7, 11) is 0. The number of nitro groups is 2. The van der Waals surface area contributed by atoms with Crippen LogP contribution in [0.25, 0.3) is 22.5 Å². The second-order valence-electron chi connectivity index (χ2n) is 8.10. The van der Waals surface area contributed by atoms with Crippen molar-refractivity contribution in [3.8, 4) is 22.5 Å².